The first-order valence-corrected chi connectivity index (χ1v) is 6.61. The maximum absolute atomic E-state index is 8.62. The Morgan fingerprint density at radius 2 is 1.85 bits per heavy atom. The number of nitrogens with two attached hydrogens (primary N) is 1. The molecule has 0 aromatic heterocycles. The van der Waals surface area contributed by atoms with Crippen molar-refractivity contribution in [3.8, 4) is 0 Å². The van der Waals surface area contributed by atoms with Crippen molar-refractivity contribution in [1.82, 2.24) is 0 Å². The van der Waals surface area contributed by atoms with Gasteiger partial charge in [0.25, 0.3) is 0 Å². The van der Waals surface area contributed by atoms with Crippen molar-refractivity contribution in [2.75, 3.05) is 5.32 Å². The standard InChI is InChI=1S/C14H13Cl2N3O/c15-11-3-5-12(6-4-11)18-8-10-2-1-9(7-13(10)16)14(17)19-20/h1-7,18,20H,8H2,(H2,17,19). The first-order valence-electron chi connectivity index (χ1n) is 5.86. The van der Waals surface area contributed by atoms with E-state index >= 15 is 0 Å². The number of hydrogen-bond acceptors (Lipinski definition) is 3. The van der Waals surface area contributed by atoms with Gasteiger partial charge < -0.3 is 16.3 Å². The molecular weight excluding hydrogens is 297 g/mol. The van der Waals surface area contributed by atoms with Crippen molar-refractivity contribution in [2.45, 2.75) is 6.54 Å². The third kappa shape index (κ3) is 3.56. The van der Waals surface area contributed by atoms with Gasteiger partial charge >= 0.3 is 0 Å². The van der Waals surface area contributed by atoms with E-state index in [9.17, 15) is 0 Å². The molecule has 4 nitrogen and oxygen atoms in total. The van der Waals surface area contributed by atoms with Crippen LogP contribution in [0.2, 0.25) is 10.0 Å². The number of benzene rings is 2. The second-order valence-electron chi connectivity index (χ2n) is 4.15. The van der Waals surface area contributed by atoms with Crippen LogP contribution in [-0.2, 0) is 6.54 Å². The molecule has 0 unspecified atom stereocenters. The summed E-state index contributed by atoms with van der Waals surface area (Å²) in [7, 11) is 0. The van der Waals surface area contributed by atoms with Crippen molar-refractivity contribution in [1.29, 1.82) is 0 Å². The normalized spacial score (nSPS) is 11.4. The molecule has 0 atom stereocenters. The average Bonchev–Trinajstić information content (AvgIpc) is 2.46. The molecule has 0 aliphatic rings. The molecule has 20 heavy (non-hydrogen) atoms. The minimum absolute atomic E-state index is 0.0316. The summed E-state index contributed by atoms with van der Waals surface area (Å²) < 4.78 is 0. The van der Waals surface area contributed by atoms with Crippen LogP contribution >= 0.6 is 23.2 Å². The minimum Gasteiger partial charge on any atom is -0.409 e. The number of nitrogens with zero attached hydrogens (tertiary/aromatic N) is 1. The van der Waals surface area contributed by atoms with Gasteiger partial charge in [0.2, 0.25) is 0 Å². The number of anilines is 1. The fourth-order valence-electron chi connectivity index (χ4n) is 1.67. The van der Waals surface area contributed by atoms with Gasteiger partial charge in [-0.2, -0.15) is 0 Å². The Labute approximate surface area is 126 Å². The lowest BCUT2D eigenvalue weighted by atomic mass is 10.1. The van der Waals surface area contributed by atoms with E-state index in [-0.39, 0.29) is 5.84 Å². The lowest BCUT2D eigenvalue weighted by molar-refractivity contribution is 0.318. The zero-order chi connectivity index (χ0) is 14.5. The molecule has 4 N–H and O–H groups in total. The number of hydrogen-bond donors (Lipinski definition) is 3. The van der Waals surface area contributed by atoms with Crippen LogP contribution in [0.15, 0.2) is 47.6 Å². The van der Waals surface area contributed by atoms with Crippen molar-refractivity contribution < 1.29 is 5.21 Å². The maximum Gasteiger partial charge on any atom is 0.170 e. The first kappa shape index (κ1) is 14.5. The quantitative estimate of drug-likeness (QED) is 0.349. The number of amidine groups is 1. The summed E-state index contributed by atoms with van der Waals surface area (Å²) in [4.78, 5) is 0. The number of oxime groups is 1. The van der Waals surface area contributed by atoms with Gasteiger partial charge in [0.05, 0.1) is 0 Å². The molecular formula is C14H13Cl2N3O. The van der Waals surface area contributed by atoms with Gasteiger partial charge in [-0.05, 0) is 35.9 Å². The van der Waals surface area contributed by atoms with E-state index in [2.05, 4.69) is 10.5 Å². The summed E-state index contributed by atoms with van der Waals surface area (Å²) in [6.07, 6.45) is 0. The van der Waals surface area contributed by atoms with Crippen LogP contribution in [0.4, 0.5) is 5.69 Å². The van der Waals surface area contributed by atoms with Gasteiger partial charge in [0, 0.05) is 27.8 Å². The first-order chi connectivity index (χ1) is 9.60. The molecule has 6 heteroatoms. The largest absolute Gasteiger partial charge is 0.409 e. The summed E-state index contributed by atoms with van der Waals surface area (Å²) in [5.74, 6) is 0.0316. The zero-order valence-electron chi connectivity index (χ0n) is 10.5. The van der Waals surface area contributed by atoms with Crippen LogP contribution in [0.5, 0.6) is 0 Å². The lowest BCUT2D eigenvalue weighted by Crippen LogP contribution is -2.13. The molecule has 2 aromatic rings. The van der Waals surface area contributed by atoms with Crippen LogP contribution in [-0.4, -0.2) is 11.0 Å². The second kappa shape index (κ2) is 6.50. The van der Waals surface area contributed by atoms with Crippen LogP contribution in [0.25, 0.3) is 0 Å². The Hall–Kier alpha value is -1.91. The van der Waals surface area contributed by atoms with E-state index in [0.717, 1.165) is 11.3 Å². The highest BCUT2D eigenvalue weighted by Gasteiger charge is 2.05. The minimum atomic E-state index is 0.0316. The van der Waals surface area contributed by atoms with E-state index in [1.165, 1.54) is 0 Å². The molecule has 0 fully saturated rings. The molecule has 0 radical (unpaired) electrons. The smallest absolute Gasteiger partial charge is 0.170 e. The van der Waals surface area contributed by atoms with Crippen molar-refractivity contribution in [2.24, 2.45) is 10.9 Å². The molecule has 0 amide bonds. The second-order valence-corrected chi connectivity index (χ2v) is 5.00. The highest BCUT2D eigenvalue weighted by atomic mass is 35.5. The van der Waals surface area contributed by atoms with Crippen LogP contribution in [0.1, 0.15) is 11.1 Å². The number of halogens is 2. The summed E-state index contributed by atoms with van der Waals surface area (Å²) >= 11 is 12.0. The van der Waals surface area contributed by atoms with Gasteiger partial charge in [-0.1, -0.05) is 40.5 Å². The Morgan fingerprint density at radius 1 is 1.15 bits per heavy atom. The molecule has 0 saturated carbocycles. The summed E-state index contributed by atoms with van der Waals surface area (Å²) in [6, 6.07) is 12.6. The van der Waals surface area contributed by atoms with Gasteiger partial charge in [-0.3, -0.25) is 0 Å². The third-order valence-electron chi connectivity index (χ3n) is 2.78. The highest BCUT2D eigenvalue weighted by Crippen LogP contribution is 2.20. The van der Waals surface area contributed by atoms with Crippen LogP contribution in [0.3, 0.4) is 0 Å². The fraction of sp³-hybridized carbons (Fsp3) is 0.0714. The van der Waals surface area contributed by atoms with E-state index < -0.39 is 0 Å². The predicted octanol–water partition coefficient (Wildman–Crippen LogP) is 3.70. The molecule has 0 heterocycles. The Balaban J connectivity index is 2.08. The summed E-state index contributed by atoms with van der Waals surface area (Å²) in [5.41, 5.74) is 7.95. The van der Waals surface area contributed by atoms with Gasteiger partial charge in [0.1, 0.15) is 0 Å². The lowest BCUT2D eigenvalue weighted by Gasteiger charge is -2.09. The van der Waals surface area contributed by atoms with Gasteiger partial charge in [-0.15, -0.1) is 0 Å². The van der Waals surface area contributed by atoms with Crippen molar-refractivity contribution >= 4 is 34.7 Å². The van der Waals surface area contributed by atoms with Crippen LogP contribution in [0, 0.1) is 0 Å². The monoisotopic (exact) mass is 309 g/mol. The van der Waals surface area contributed by atoms with Crippen molar-refractivity contribution in [3.63, 3.8) is 0 Å². The summed E-state index contributed by atoms with van der Waals surface area (Å²) in [5, 5.41) is 16.0. The Kier molecular flexibility index (Phi) is 4.71. The van der Waals surface area contributed by atoms with Gasteiger partial charge in [0.15, 0.2) is 5.84 Å². The van der Waals surface area contributed by atoms with Crippen LogP contribution < -0.4 is 11.1 Å². The van der Waals surface area contributed by atoms with Gasteiger partial charge in [-0.25, -0.2) is 0 Å². The molecule has 2 aromatic carbocycles. The van der Waals surface area contributed by atoms with Crippen molar-refractivity contribution in [3.05, 3.63) is 63.6 Å². The molecule has 0 saturated heterocycles. The van der Waals surface area contributed by atoms with E-state index in [1.807, 2.05) is 30.3 Å². The third-order valence-corrected chi connectivity index (χ3v) is 3.39. The Bertz CT molecular complexity index is 627. The zero-order valence-corrected chi connectivity index (χ0v) is 12.0. The van der Waals surface area contributed by atoms with E-state index in [4.69, 9.17) is 34.1 Å². The SMILES string of the molecule is N/C(=N/O)c1ccc(CNc2ccc(Cl)cc2)c(Cl)c1. The predicted molar refractivity (Wildman–Crippen MR) is 82.7 cm³/mol. The van der Waals surface area contributed by atoms with E-state index in [0.29, 0.717) is 22.2 Å². The number of nitrogens with one attached hydrogen (secondary N) is 1. The maximum atomic E-state index is 8.62. The molecule has 0 spiro atoms. The van der Waals surface area contributed by atoms with E-state index in [1.54, 1.807) is 12.1 Å². The molecule has 104 valence electrons. The molecule has 0 bridgehead atoms. The average molecular weight is 310 g/mol. The summed E-state index contributed by atoms with van der Waals surface area (Å²) in [6.45, 7) is 0.566. The topological polar surface area (TPSA) is 70.6 Å². The Morgan fingerprint density at radius 3 is 2.45 bits per heavy atom. The number of rotatable bonds is 4. The highest BCUT2D eigenvalue weighted by molar-refractivity contribution is 6.31. The molecule has 0 aliphatic carbocycles. The molecule has 0 aliphatic heterocycles. The molecule has 2 rings (SSSR count). The fourth-order valence-corrected chi connectivity index (χ4v) is 2.05.